The van der Waals surface area contributed by atoms with Gasteiger partial charge in [0.05, 0.1) is 6.61 Å². The first-order chi connectivity index (χ1) is 34.1. The van der Waals surface area contributed by atoms with Gasteiger partial charge in [-0.3, -0.25) is 9.59 Å². The number of allylic oxidation sites excluding steroid dienone is 14. The van der Waals surface area contributed by atoms with Crippen molar-refractivity contribution < 1.29 is 24.2 Å². The smallest absolute Gasteiger partial charge is 0.306 e. The molecule has 0 bridgehead atoms. The summed E-state index contributed by atoms with van der Waals surface area (Å²) in [6, 6.07) is 0. The Morgan fingerprint density at radius 2 is 0.623 bits per heavy atom. The highest BCUT2D eigenvalue weighted by molar-refractivity contribution is 5.70. The number of aliphatic hydroxyl groups excluding tert-OH is 1. The van der Waals surface area contributed by atoms with Crippen LogP contribution in [0.3, 0.4) is 0 Å². The molecule has 0 rings (SSSR count). The summed E-state index contributed by atoms with van der Waals surface area (Å²) in [4.78, 5) is 24.5. The Morgan fingerprint density at radius 1 is 0.348 bits per heavy atom. The lowest BCUT2D eigenvalue weighted by atomic mass is 10.0. The summed E-state index contributed by atoms with van der Waals surface area (Å²) in [5.41, 5.74) is 0. The molecule has 1 N–H and O–H groups in total. The van der Waals surface area contributed by atoms with Gasteiger partial charge in [0.25, 0.3) is 0 Å². The van der Waals surface area contributed by atoms with Gasteiger partial charge in [0.1, 0.15) is 6.61 Å². The summed E-state index contributed by atoms with van der Waals surface area (Å²) in [6.07, 6.45) is 82.9. The van der Waals surface area contributed by atoms with E-state index in [4.69, 9.17) is 9.47 Å². The Labute approximate surface area is 428 Å². The first kappa shape index (κ1) is 66.1. The van der Waals surface area contributed by atoms with E-state index in [1.54, 1.807) is 0 Å². The van der Waals surface area contributed by atoms with Gasteiger partial charge in [0.2, 0.25) is 0 Å². The van der Waals surface area contributed by atoms with Gasteiger partial charge in [-0.25, -0.2) is 0 Å². The number of aliphatic hydroxyl groups is 1. The normalized spacial score (nSPS) is 12.8. The van der Waals surface area contributed by atoms with Crippen molar-refractivity contribution in [2.75, 3.05) is 13.2 Å². The summed E-state index contributed by atoms with van der Waals surface area (Å²) in [5, 5.41) is 9.64. The van der Waals surface area contributed by atoms with Crippen LogP contribution in [0.4, 0.5) is 0 Å². The van der Waals surface area contributed by atoms with Gasteiger partial charge in [-0.05, 0) is 89.9 Å². The zero-order valence-electron chi connectivity index (χ0n) is 45.6. The molecule has 0 amide bonds. The highest BCUT2D eigenvalue weighted by Crippen LogP contribution is 2.17. The first-order valence-corrected chi connectivity index (χ1v) is 29.6. The number of carbonyl (C=O) groups excluding carboxylic acids is 2. The van der Waals surface area contributed by atoms with Crippen LogP contribution in [0.2, 0.25) is 0 Å². The molecule has 0 aromatic heterocycles. The van der Waals surface area contributed by atoms with E-state index in [9.17, 15) is 14.7 Å². The van der Waals surface area contributed by atoms with Gasteiger partial charge < -0.3 is 14.6 Å². The van der Waals surface area contributed by atoms with Crippen molar-refractivity contribution in [3.05, 3.63) is 85.1 Å². The van der Waals surface area contributed by atoms with E-state index in [1.165, 1.54) is 180 Å². The van der Waals surface area contributed by atoms with E-state index >= 15 is 0 Å². The molecular formula is C64H112O5. The Kier molecular flexibility index (Phi) is 56.9. The molecule has 1 unspecified atom stereocenters. The van der Waals surface area contributed by atoms with E-state index in [-0.39, 0.29) is 25.2 Å². The number of hydrogen-bond acceptors (Lipinski definition) is 5. The molecule has 5 heteroatoms. The number of rotatable bonds is 54. The molecule has 1 atom stereocenters. The number of unbranched alkanes of at least 4 members (excludes halogenated alkanes) is 32. The van der Waals surface area contributed by atoms with Gasteiger partial charge in [-0.15, -0.1) is 0 Å². The van der Waals surface area contributed by atoms with Crippen LogP contribution in [0, 0.1) is 0 Å². The third kappa shape index (κ3) is 57.5. The van der Waals surface area contributed by atoms with Crippen molar-refractivity contribution in [1.29, 1.82) is 0 Å². The second-order valence-corrected chi connectivity index (χ2v) is 19.7. The van der Waals surface area contributed by atoms with Gasteiger partial charge >= 0.3 is 11.9 Å². The summed E-state index contributed by atoms with van der Waals surface area (Å²) >= 11 is 0. The lowest BCUT2D eigenvalue weighted by Gasteiger charge is -2.15. The SMILES string of the molecule is CC/C=C\C/C=C\C/C=C\C/C=C\C/C=C\CCCCCCCCCCCCCCCCCCCCCCCCCC(=O)OC(CO)COC(=O)CCCCCCC/C=C\C/C=C\CCCCCC. The van der Waals surface area contributed by atoms with Gasteiger partial charge in [-0.2, -0.15) is 0 Å². The van der Waals surface area contributed by atoms with Gasteiger partial charge in [0, 0.05) is 12.8 Å². The fourth-order valence-electron chi connectivity index (χ4n) is 8.50. The average Bonchev–Trinajstić information content (AvgIpc) is 3.35. The topological polar surface area (TPSA) is 72.8 Å². The van der Waals surface area contributed by atoms with Crippen LogP contribution in [0.1, 0.15) is 290 Å². The molecule has 0 spiro atoms. The Balaban J connectivity index is 3.42. The molecule has 0 aliphatic rings. The predicted molar refractivity (Wildman–Crippen MR) is 302 cm³/mol. The minimum atomic E-state index is -0.779. The number of carbonyl (C=O) groups is 2. The van der Waals surface area contributed by atoms with Crippen LogP contribution in [0.15, 0.2) is 85.1 Å². The van der Waals surface area contributed by atoms with Crippen molar-refractivity contribution in [2.24, 2.45) is 0 Å². The fraction of sp³-hybridized carbons (Fsp3) is 0.750. The summed E-state index contributed by atoms with van der Waals surface area (Å²) in [7, 11) is 0. The first-order valence-electron chi connectivity index (χ1n) is 29.6. The Hall–Kier alpha value is -2.92. The molecule has 0 aromatic carbocycles. The van der Waals surface area contributed by atoms with Crippen molar-refractivity contribution in [1.82, 2.24) is 0 Å². The average molecular weight is 962 g/mol. The van der Waals surface area contributed by atoms with Crippen LogP contribution in [0.5, 0.6) is 0 Å². The second kappa shape index (κ2) is 59.4. The number of ether oxygens (including phenoxy) is 2. The predicted octanol–water partition coefficient (Wildman–Crippen LogP) is 20.1. The summed E-state index contributed by atoms with van der Waals surface area (Å²) < 4.78 is 10.7. The van der Waals surface area contributed by atoms with Gasteiger partial charge in [-0.1, -0.05) is 272 Å². The zero-order valence-corrected chi connectivity index (χ0v) is 45.6. The maximum Gasteiger partial charge on any atom is 0.306 e. The Bertz CT molecular complexity index is 1270. The van der Waals surface area contributed by atoms with Crippen molar-refractivity contribution >= 4 is 11.9 Å². The molecule has 5 nitrogen and oxygen atoms in total. The minimum absolute atomic E-state index is 0.0722. The van der Waals surface area contributed by atoms with Crippen molar-refractivity contribution in [2.45, 2.75) is 296 Å². The van der Waals surface area contributed by atoms with E-state index < -0.39 is 6.10 Å². The van der Waals surface area contributed by atoms with Crippen LogP contribution in [-0.4, -0.2) is 36.4 Å². The third-order valence-corrected chi connectivity index (χ3v) is 12.9. The highest BCUT2D eigenvalue weighted by atomic mass is 16.6. The van der Waals surface area contributed by atoms with Gasteiger partial charge in [0.15, 0.2) is 6.10 Å². The second-order valence-electron chi connectivity index (χ2n) is 19.7. The molecule has 0 saturated carbocycles. The lowest BCUT2D eigenvalue weighted by molar-refractivity contribution is -0.161. The molecule has 0 aliphatic heterocycles. The summed E-state index contributed by atoms with van der Waals surface area (Å²) in [6.45, 7) is 4.02. The molecule has 69 heavy (non-hydrogen) atoms. The molecule has 0 fully saturated rings. The van der Waals surface area contributed by atoms with Crippen LogP contribution in [0.25, 0.3) is 0 Å². The van der Waals surface area contributed by atoms with Crippen LogP contribution < -0.4 is 0 Å². The summed E-state index contributed by atoms with van der Waals surface area (Å²) in [5.74, 6) is -0.597. The molecule has 0 aromatic rings. The third-order valence-electron chi connectivity index (χ3n) is 12.9. The largest absolute Gasteiger partial charge is 0.462 e. The molecule has 0 saturated heterocycles. The fourth-order valence-corrected chi connectivity index (χ4v) is 8.50. The van der Waals surface area contributed by atoms with E-state index in [2.05, 4.69) is 98.9 Å². The van der Waals surface area contributed by atoms with E-state index in [0.717, 1.165) is 83.5 Å². The van der Waals surface area contributed by atoms with Crippen molar-refractivity contribution in [3.63, 3.8) is 0 Å². The van der Waals surface area contributed by atoms with Crippen molar-refractivity contribution in [3.8, 4) is 0 Å². The monoisotopic (exact) mass is 961 g/mol. The lowest BCUT2D eigenvalue weighted by Crippen LogP contribution is -2.28. The quantitative estimate of drug-likeness (QED) is 0.0374. The molecule has 398 valence electrons. The van der Waals surface area contributed by atoms with Crippen LogP contribution >= 0.6 is 0 Å². The molecule has 0 heterocycles. The minimum Gasteiger partial charge on any atom is -0.462 e. The van der Waals surface area contributed by atoms with Crippen LogP contribution in [-0.2, 0) is 19.1 Å². The molecule has 0 aliphatic carbocycles. The Morgan fingerprint density at radius 3 is 0.942 bits per heavy atom. The molecular weight excluding hydrogens is 849 g/mol. The highest BCUT2D eigenvalue weighted by Gasteiger charge is 2.16. The number of hydrogen-bond donors (Lipinski definition) is 1. The maximum absolute atomic E-state index is 12.3. The molecule has 0 radical (unpaired) electrons. The standard InChI is InChI=1S/C64H112O5/c1-3-5-7-9-11-13-15-17-19-21-22-23-24-25-26-27-28-29-30-31-32-33-34-35-36-37-38-39-40-41-42-43-45-47-49-51-53-55-57-59-64(67)69-62(60-65)61-68-63(66)58-56-54-52-50-48-46-44-20-18-16-14-12-10-8-6-4-2/h5,7,11,13-14,16-17,19-20,22-23,25-26,44,62,65H,3-4,6,8-10,12,15,18,21,24,27-43,45-61H2,1-2H3/b7-5-,13-11-,16-14-,19-17-,23-22-,26-25-,44-20-. The maximum atomic E-state index is 12.3. The van der Waals surface area contributed by atoms with E-state index in [0.29, 0.717) is 12.8 Å². The number of esters is 2. The van der Waals surface area contributed by atoms with E-state index in [1.807, 2.05) is 0 Å². The zero-order chi connectivity index (χ0) is 49.9.